The number of rotatable bonds is 4. The van der Waals surface area contributed by atoms with E-state index in [1.54, 1.807) is 0 Å². The molecular weight excluding hydrogens is 337 g/mol. The fraction of sp³-hybridized carbons (Fsp3) is 0.714. The van der Waals surface area contributed by atoms with Gasteiger partial charge in [-0.2, -0.15) is 0 Å². The summed E-state index contributed by atoms with van der Waals surface area (Å²) in [5.41, 5.74) is 1.56. The Bertz CT molecular complexity index is 455. The Morgan fingerprint density at radius 1 is 1.39 bits per heavy atom. The van der Waals surface area contributed by atoms with Crippen molar-refractivity contribution in [2.24, 2.45) is 5.41 Å². The third-order valence-electron chi connectivity index (χ3n) is 3.61. The third kappa shape index (κ3) is 2.63. The van der Waals surface area contributed by atoms with E-state index in [0.29, 0.717) is 17.3 Å². The summed E-state index contributed by atoms with van der Waals surface area (Å²) >= 11 is 2.36. The van der Waals surface area contributed by atoms with Crippen LogP contribution >= 0.6 is 22.6 Å². The van der Waals surface area contributed by atoms with Crippen LogP contribution in [0.1, 0.15) is 64.4 Å². The van der Waals surface area contributed by atoms with Crippen LogP contribution in [0.5, 0.6) is 0 Å². The molecule has 18 heavy (non-hydrogen) atoms. The second-order valence-corrected chi connectivity index (χ2v) is 7.14. The van der Waals surface area contributed by atoms with Crippen LogP contribution in [-0.4, -0.2) is 16.5 Å². The molecule has 1 atom stereocenters. The maximum atomic E-state index is 4.81. The molecule has 0 saturated heterocycles. The first kappa shape index (κ1) is 14.0. The topological polar surface area (TPSA) is 37.8 Å². The minimum atomic E-state index is 0.379. The van der Waals surface area contributed by atoms with Crippen LogP contribution in [0.2, 0.25) is 0 Å². The van der Waals surface area contributed by atoms with Crippen molar-refractivity contribution in [3.63, 3.8) is 0 Å². The van der Waals surface area contributed by atoms with Crippen LogP contribution in [0.25, 0.3) is 0 Å². The molecule has 1 saturated carbocycles. The van der Waals surface area contributed by atoms with E-state index in [2.05, 4.69) is 62.5 Å². The Morgan fingerprint density at radius 2 is 2.00 bits per heavy atom. The van der Waals surface area contributed by atoms with Gasteiger partial charge in [-0.3, -0.25) is 0 Å². The number of nitrogens with one attached hydrogen (secondary N) is 1. The van der Waals surface area contributed by atoms with Gasteiger partial charge in [-0.25, -0.2) is 9.97 Å². The van der Waals surface area contributed by atoms with Gasteiger partial charge in [0.15, 0.2) is 0 Å². The highest BCUT2D eigenvalue weighted by atomic mass is 127. The summed E-state index contributed by atoms with van der Waals surface area (Å²) in [7, 11) is 0. The van der Waals surface area contributed by atoms with Crippen molar-refractivity contribution in [1.82, 2.24) is 9.97 Å². The summed E-state index contributed by atoms with van der Waals surface area (Å²) in [5.74, 6) is 3.01. The highest BCUT2D eigenvalue weighted by Gasteiger charge is 2.49. The maximum Gasteiger partial charge on any atom is 0.143 e. The van der Waals surface area contributed by atoms with E-state index < -0.39 is 0 Å². The molecule has 0 spiro atoms. The van der Waals surface area contributed by atoms with Crippen molar-refractivity contribution in [1.29, 1.82) is 0 Å². The van der Waals surface area contributed by atoms with Gasteiger partial charge in [0.1, 0.15) is 11.6 Å². The lowest BCUT2D eigenvalue weighted by Crippen LogP contribution is -2.11. The summed E-state index contributed by atoms with van der Waals surface area (Å²) in [6, 6.07) is 0. The van der Waals surface area contributed by atoms with E-state index in [1.807, 2.05) is 0 Å². The number of halogens is 1. The van der Waals surface area contributed by atoms with Crippen molar-refractivity contribution >= 4 is 28.4 Å². The van der Waals surface area contributed by atoms with Gasteiger partial charge in [-0.15, -0.1) is 0 Å². The summed E-state index contributed by atoms with van der Waals surface area (Å²) in [5, 5.41) is 3.36. The Morgan fingerprint density at radius 3 is 2.44 bits per heavy atom. The molecule has 100 valence electrons. The van der Waals surface area contributed by atoms with Crippen molar-refractivity contribution in [3.8, 4) is 0 Å². The van der Waals surface area contributed by atoms with Gasteiger partial charge in [-0.1, -0.05) is 27.7 Å². The molecule has 1 unspecified atom stereocenters. The molecule has 1 fully saturated rings. The van der Waals surface area contributed by atoms with E-state index >= 15 is 0 Å². The molecule has 1 heterocycles. The molecular formula is C14H22IN3. The third-order valence-corrected chi connectivity index (χ3v) is 4.67. The van der Waals surface area contributed by atoms with E-state index in [4.69, 9.17) is 9.97 Å². The lowest BCUT2D eigenvalue weighted by atomic mass is 10.1. The van der Waals surface area contributed by atoms with E-state index in [1.165, 1.54) is 15.7 Å². The normalized spacial score (nSPS) is 21.2. The van der Waals surface area contributed by atoms with Crippen LogP contribution in [0.4, 0.5) is 5.82 Å². The zero-order chi connectivity index (χ0) is 13.5. The van der Waals surface area contributed by atoms with E-state index in [-0.39, 0.29) is 0 Å². The highest BCUT2D eigenvalue weighted by Crippen LogP contribution is 2.57. The summed E-state index contributed by atoms with van der Waals surface area (Å²) in [6.07, 6.45) is 1.21. The van der Waals surface area contributed by atoms with Gasteiger partial charge in [0.2, 0.25) is 0 Å². The molecule has 0 aromatic carbocycles. The summed E-state index contributed by atoms with van der Waals surface area (Å²) in [6.45, 7) is 12.0. The summed E-state index contributed by atoms with van der Waals surface area (Å²) in [4.78, 5) is 9.55. The predicted molar refractivity (Wildman–Crippen MR) is 84.1 cm³/mol. The standard InChI is InChI=1S/C14H22IN3/c1-6-16-13-10(15)11(8(2)3)17-12(18-13)9-7-14(9,4)5/h8-9H,6-7H2,1-5H3,(H,16,17,18). The van der Waals surface area contributed by atoms with Gasteiger partial charge in [0.05, 0.1) is 9.26 Å². The van der Waals surface area contributed by atoms with Crippen LogP contribution < -0.4 is 5.32 Å². The molecule has 2 rings (SSSR count). The van der Waals surface area contributed by atoms with Crippen LogP contribution in [0, 0.1) is 8.99 Å². The average Bonchev–Trinajstić information content (AvgIpc) is 2.90. The zero-order valence-electron chi connectivity index (χ0n) is 11.8. The second kappa shape index (κ2) is 4.94. The molecule has 1 aliphatic rings. The minimum Gasteiger partial charge on any atom is -0.369 e. The van der Waals surface area contributed by atoms with Gasteiger partial charge >= 0.3 is 0 Å². The molecule has 0 bridgehead atoms. The predicted octanol–water partition coefficient (Wildman–Crippen LogP) is 4.15. The molecule has 0 amide bonds. The highest BCUT2D eigenvalue weighted by molar-refractivity contribution is 14.1. The molecule has 4 heteroatoms. The quantitative estimate of drug-likeness (QED) is 0.821. The number of hydrogen-bond donors (Lipinski definition) is 1. The first-order valence-corrected chi connectivity index (χ1v) is 7.76. The van der Waals surface area contributed by atoms with E-state index in [0.717, 1.165) is 18.2 Å². The largest absolute Gasteiger partial charge is 0.369 e. The van der Waals surface area contributed by atoms with Crippen LogP contribution in [0.15, 0.2) is 0 Å². The molecule has 1 aliphatic carbocycles. The lowest BCUT2D eigenvalue weighted by Gasteiger charge is -2.15. The number of hydrogen-bond acceptors (Lipinski definition) is 3. The zero-order valence-corrected chi connectivity index (χ0v) is 14.0. The Labute approximate surface area is 123 Å². The number of aromatic nitrogens is 2. The fourth-order valence-electron chi connectivity index (χ4n) is 2.21. The molecule has 1 aromatic rings. The molecule has 3 nitrogen and oxygen atoms in total. The molecule has 0 radical (unpaired) electrons. The van der Waals surface area contributed by atoms with Crippen molar-refractivity contribution in [2.45, 2.75) is 52.9 Å². The molecule has 0 aliphatic heterocycles. The van der Waals surface area contributed by atoms with Gasteiger partial charge in [0.25, 0.3) is 0 Å². The average molecular weight is 359 g/mol. The van der Waals surface area contributed by atoms with Gasteiger partial charge < -0.3 is 5.32 Å². The van der Waals surface area contributed by atoms with Crippen LogP contribution in [0.3, 0.4) is 0 Å². The fourth-order valence-corrected chi connectivity index (χ4v) is 3.27. The monoisotopic (exact) mass is 359 g/mol. The minimum absolute atomic E-state index is 0.379. The molecule has 1 N–H and O–H groups in total. The van der Waals surface area contributed by atoms with Gasteiger partial charge in [0, 0.05) is 12.5 Å². The van der Waals surface area contributed by atoms with Crippen molar-refractivity contribution < 1.29 is 0 Å². The Balaban J connectivity index is 2.42. The van der Waals surface area contributed by atoms with Crippen molar-refractivity contribution in [3.05, 3.63) is 15.1 Å². The second-order valence-electron chi connectivity index (χ2n) is 6.06. The lowest BCUT2D eigenvalue weighted by molar-refractivity contribution is 0.604. The van der Waals surface area contributed by atoms with Crippen molar-refractivity contribution in [2.75, 3.05) is 11.9 Å². The molecule has 1 aromatic heterocycles. The Hall–Kier alpha value is -0.390. The Kier molecular flexibility index (Phi) is 3.85. The first-order chi connectivity index (χ1) is 8.36. The van der Waals surface area contributed by atoms with E-state index in [9.17, 15) is 0 Å². The van der Waals surface area contributed by atoms with Gasteiger partial charge in [-0.05, 0) is 47.3 Å². The maximum absolute atomic E-state index is 4.81. The smallest absolute Gasteiger partial charge is 0.143 e. The first-order valence-electron chi connectivity index (χ1n) is 6.68. The number of nitrogens with zero attached hydrogens (tertiary/aromatic N) is 2. The summed E-state index contributed by atoms with van der Waals surface area (Å²) < 4.78 is 1.17. The number of anilines is 1. The SMILES string of the molecule is CCNc1nc(C2CC2(C)C)nc(C(C)C)c1I. The van der Waals surface area contributed by atoms with Crippen LogP contribution in [-0.2, 0) is 0 Å².